The van der Waals surface area contributed by atoms with Crippen LogP contribution in [0.3, 0.4) is 0 Å². The number of nitrogens with two attached hydrogens (primary N) is 1. The summed E-state index contributed by atoms with van der Waals surface area (Å²) in [7, 11) is 0. The molecule has 0 amide bonds. The zero-order valence-corrected chi connectivity index (χ0v) is 11.1. The lowest BCUT2D eigenvalue weighted by atomic mass is 10.1. The summed E-state index contributed by atoms with van der Waals surface area (Å²) < 4.78 is 0. The van der Waals surface area contributed by atoms with E-state index in [-0.39, 0.29) is 0 Å². The summed E-state index contributed by atoms with van der Waals surface area (Å²) in [6.07, 6.45) is 5.39. The molecule has 2 N–H and O–H groups in total. The second-order valence-corrected chi connectivity index (χ2v) is 5.22. The molecule has 1 aliphatic rings. The van der Waals surface area contributed by atoms with Gasteiger partial charge in [0, 0.05) is 24.8 Å². The van der Waals surface area contributed by atoms with Crippen LogP contribution in [0.5, 0.6) is 0 Å². The van der Waals surface area contributed by atoms with Gasteiger partial charge in [0.05, 0.1) is 0 Å². The van der Waals surface area contributed by atoms with Crippen molar-refractivity contribution >= 4 is 5.69 Å². The van der Waals surface area contributed by atoms with Crippen molar-refractivity contribution in [2.45, 2.75) is 52.1 Å². The normalized spacial score (nSPS) is 21.4. The van der Waals surface area contributed by atoms with Crippen molar-refractivity contribution in [2.75, 3.05) is 11.4 Å². The van der Waals surface area contributed by atoms with E-state index in [1.807, 2.05) is 0 Å². The zero-order valence-electron chi connectivity index (χ0n) is 11.1. The summed E-state index contributed by atoms with van der Waals surface area (Å²) in [6.45, 7) is 6.38. The minimum absolute atomic E-state index is 0.636. The molecule has 94 valence electrons. The predicted molar refractivity (Wildman–Crippen MR) is 74.3 cm³/mol. The van der Waals surface area contributed by atoms with Crippen LogP contribution in [0.2, 0.25) is 0 Å². The Morgan fingerprint density at radius 3 is 2.82 bits per heavy atom. The fraction of sp³-hybridized carbons (Fsp3) is 0.600. The average molecular weight is 232 g/mol. The van der Waals surface area contributed by atoms with Crippen molar-refractivity contribution in [3.05, 3.63) is 29.3 Å². The van der Waals surface area contributed by atoms with Gasteiger partial charge in [0.15, 0.2) is 0 Å². The molecular formula is C15H24N2. The summed E-state index contributed by atoms with van der Waals surface area (Å²) in [5, 5.41) is 0. The minimum atomic E-state index is 0.636. The summed E-state index contributed by atoms with van der Waals surface area (Å²) in [6, 6.07) is 7.31. The predicted octanol–water partition coefficient (Wildman–Crippen LogP) is 3.22. The zero-order chi connectivity index (χ0) is 12.3. The lowest BCUT2D eigenvalue weighted by Crippen LogP contribution is -2.33. The van der Waals surface area contributed by atoms with Crippen molar-refractivity contribution in [1.29, 1.82) is 0 Å². The smallest absolute Gasteiger partial charge is 0.0398 e. The Morgan fingerprint density at radius 1 is 1.29 bits per heavy atom. The van der Waals surface area contributed by atoms with Gasteiger partial charge >= 0.3 is 0 Å². The van der Waals surface area contributed by atoms with Crippen LogP contribution < -0.4 is 10.6 Å². The van der Waals surface area contributed by atoms with Crippen molar-refractivity contribution in [3.8, 4) is 0 Å². The lowest BCUT2D eigenvalue weighted by Gasteiger charge is -2.31. The molecule has 1 fully saturated rings. The van der Waals surface area contributed by atoms with E-state index in [0.717, 1.165) is 0 Å². The highest BCUT2D eigenvalue weighted by atomic mass is 15.2. The summed E-state index contributed by atoms with van der Waals surface area (Å²) in [5.41, 5.74) is 9.68. The molecule has 1 unspecified atom stereocenters. The number of anilines is 1. The monoisotopic (exact) mass is 232 g/mol. The topological polar surface area (TPSA) is 29.3 Å². The fourth-order valence-electron chi connectivity index (χ4n) is 2.80. The molecule has 0 bridgehead atoms. The van der Waals surface area contributed by atoms with E-state index < -0.39 is 0 Å². The van der Waals surface area contributed by atoms with Crippen molar-refractivity contribution in [2.24, 2.45) is 5.73 Å². The van der Waals surface area contributed by atoms with Crippen LogP contribution in [0.15, 0.2) is 18.2 Å². The van der Waals surface area contributed by atoms with E-state index in [9.17, 15) is 0 Å². The third-order valence-corrected chi connectivity index (χ3v) is 3.86. The maximum Gasteiger partial charge on any atom is 0.0398 e. The van der Waals surface area contributed by atoms with Crippen LogP contribution in [-0.4, -0.2) is 12.6 Å². The molecule has 1 saturated heterocycles. The number of nitrogens with zero attached hydrogens (tertiary/aromatic N) is 1. The Labute approximate surface area is 105 Å². The second kappa shape index (κ2) is 5.54. The average Bonchev–Trinajstić information content (AvgIpc) is 2.54. The molecule has 0 spiro atoms. The molecule has 2 heteroatoms. The van der Waals surface area contributed by atoms with Gasteiger partial charge in [-0.1, -0.05) is 25.0 Å². The first-order valence-electron chi connectivity index (χ1n) is 6.78. The Balaban J connectivity index is 2.25. The van der Waals surface area contributed by atoms with Crippen LogP contribution in [0.4, 0.5) is 5.69 Å². The maximum atomic E-state index is 5.69. The molecule has 1 heterocycles. The van der Waals surface area contributed by atoms with Gasteiger partial charge < -0.3 is 10.6 Å². The summed E-state index contributed by atoms with van der Waals surface area (Å²) in [4.78, 5) is 2.57. The molecule has 2 nitrogen and oxygen atoms in total. The molecule has 1 aliphatic heterocycles. The molecule has 17 heavy (non-hydrogen) atoms. The first kappa shape index (κ1) is 12.4. The Bertz CT molecular complexity index is 373. The Morgan fingerprint density at radius 2 is 2.12 bits per heavy atom. The van der Waals surface area contributed by atoms with Gasteiger partial charge in [-0.3, -0.25) is 0 Å². The first-order valence-corrected chi connectivity index (χ1v) is 6.78. The molecule has 0 aliphatic carbocycles. The molecule has 0 saturated carbocycles. The van der Waals surface area contributed by atoms with E-state index in [4.69, 9.17) is 5.73 Å². The summed E-state index contributed by atoms with van der Waals surface area (Å²) >= 11 is 0. The van der Waals surface area contributed by atoms with Gasteiger partial charge in [0.25, 0.3) is 0 Å². The van der Waals surface area contributed by atoms with Crippen LogP contribution in [0, 0.1) is 6.92 Å². The van der Waals surface area contributed by atoms with Gasteiger partial charge in [-0.05, 0) is 43.9 Å². The molecule has 0 aromatic heterocycles. The first-order chi connectivity index (χ1) is 8.22. The van der Waals surface area contributed by atoms with E-state index in [1.165, 1.54) is 49.0 Å². The van der Waals surface area contributed by atoms with Crippen molar-refractivity contribution in [1.82, 2.24) is 0 Å². The minimum Gasteiger partial charge on any atom is -0.369 e. The third-order valence-electron chi connectivity index (χ3n) is 3.86. The lowest BCUT2D eigenvalue weighted by molar-refractivity contribution is 0.615. The number of rotatable bonds is 2. The standard InChI is InChI=1S/C15H24N2/c1-12-10-14(11-16)7-8-15(12)17-9-5-3-4-6-13(17)2/h7-8,10,13H,3-6,9,11,16H2,1-2H3. The number of aryl methyl sites for hydroxylation is 1. The van der Waals surface area contributed by atoms with E-state index in [0.29, 0.717) is 12.6 Å². The fourth-order valence-corrected chi connectivity index (χ4v) is 2.80. The van der Waals surface area contributed by atoms with Crippen LogP contribution in [-0.2, 0) is 6.54 Å². The van der Waals surface area contributed by atoms with Gasteiger partial charge in [0.2, 0.25) is 0 Å². The third kappa shape index (κ3) is 2.81. The number of benzene rings is 1. The molecule has 2 rings (SSSR count). The molecular weight excluding hydrogens is 208 g/mol. The largest absolute Gasteiger partial charge is 0.369 e. The Kier molecular flexibility index (Phi) is 4.06. The highest BCUT2D eigenvalue weighted by Gasteiger charge is 2.18. The van der Waals surface area contributed by atoms with Gasteiger partial charge in [-0.15, -0.1) is 0 Å². The quantitative estimate of drug-likeness (QED) is 0.848. The molecule has 0 radical (unpaired) electrons. The van der Waals surface area contributed by atoms with Crippen LogP contribution in [0.25, 0.3) is 0 Å². The van der Waals surface area contributed by atoms with E-state index in [2.05, 4.69) is 36.9 Å². The van der Waals surface area contributed by atoms with E-state index in [1.54, 1.807) is 0 Å². The maximum absolute atomic E-state index is 5.69. The van der Waals surface area contributed by atoms with E-state index >= 15 is 0 Å². The number of hydrogen-bond acceptors (Lipinski definition) is 2. The van der Waals surface area contributed by atoms with Crippen molar-refractivity contribution < 1.29 is 0 Å². The Hall–Kier alpha value is -1.02. The SMILES string of the molecule is Cc1cc(CN)ccc1N1CCCCCC1C. The summed E-state index contributed by atoms with van der Waals surface area (Å²) in [5.74, 6) is 0. The van der Waals surface area contributed by atoms with Gasteiger partial charge in [0.1, 0.15) is 0 Å². The molecule has 1 atom stereocenters. The van der Waals surface area contributed by atoms with Gasteiger partial charge in [-0.25, -0.2) is 0 Å². The van der Waals surface area contributed by atoms with Crippen LogP contribution in [0.1, 0.15) is 43.7 Å². The van der Waals surface area contributed by atoms with Gasteiger partial charge in [-0.2, -0.15) is 0 Å². The van der Waals surface area contributed by atoms with Crippen LogP contribution >= 0.6 is 0 Å². The highest BCUT2D eigenvalue weighted by molar-refractivity contribution is 5.55. The molecule has 1 aromatic carbocycles. The number of hydrogen-bond donors (Lipinski definition) is 1. The molecule has 1 aromatic rings. The highest BCUT2D eigenvalue weighted by Crippen LogP contribution is 2.27. The van der Waals surface area contributed by atoms with Crippen molar-refractivity contribution in [3.63, 3.8) is 0 Å². The second-order valence-electron chi connectivity index (χ2n) is 5.22.